The summed E-state index contributed by atoms with van der Waals surface area (Å²) in [6, 6.07) is 9.77. The summed E-state index contributed by atoms with van der Waals surface area (Å²) in [7, 11) is 3.83. The Labute approximate surface area is 214 Å². The third-order valence-electron chi connectivity index (χ3n) is 5.95. The van der Waals surface area contributed by atoms with Crippen LogP contribution in [0.15, 0.2) is 47.1 Å². The maximum Gasteiger partial charge on any atom is 0.270 e. The molecule has 11 heteroatoms. The number of anilines is 2. The third-order valence-corrected chi connectivity index (χ3v) is 6.80. The van der Waals surface area contributed by atoms with Gasteiger partial charge in [-0.05, 0) is 61.6 Å². The Morgan fingerprint density at radius 3 is 2.33 bits per heavy atom. The maximum atomic E-state index is 13.9. The summed E-state index contributed by atoms with van der Waals surface area (Å²) in [6.45, 7) is 5.78. The lowest BCUT2D eigenvalue weighted by Crippen LogP contribution is -2.50. The molecule has 0 radical (unpaired) electrons. The number of aromatic nitrogens is 1. The SMILES string of the molecule is CCC(C)(C)NC(=O)C(c1ccc(N(C)C)cc1)N(Cc1ccco1)C(=O)c1snc(C(N)=O)c1N. The Kier molecular flexibility index (Phi) is 8.03. The van der Waals surface area contributed by atoms with Gasteiger partial charge in [-0.2, -0.15) is 4.37 Å². The minimum Gasteiger partial charge on any atom is -0.467 e. The van der Waals surface area contributed by atoms with Gasteiger partial charge in [0.1, 0.15) is 16.7 Å². The van der Waals surface area contributed by atoms with E-state index in [9.17, 15) is 14.4 Å². The van der Waals surface area contributed by atoms with E-state index in [0.717, 1.165) is 17.2 Å². The van der Waals surface area contributed by atoms with Crippen molar-refractivity contribution in [2.45, 2.75) is 45.3 Å². The lowest BCUT2D eigenvalue weighted by Gasteiger charge is -2.34. The summed E-state index contributed by atoms with van der Waals surface area (Å²) in [5, 5.41) is 3.05. The number of primary amides is 1. The van der Waals surface area contributed by atoms with Crippen molar-refractivity contribution >= 4 is 40.6 Å². The van der Waals surface area contributed by atoms with Crippen molar-refractivity contribution in [1.82, 2.24) is 14.6 Å². The summed E-state index contributed by atoms with van der Waals surface area (Å²) in [4.78, 5) is 42.7. The molecule has 0 spiro atoms. The molecule has 192 valence electrons. The van der Waals surface area contributed by atoms with E-state index in [2.05, 4.69) is 9.69 Å². The third kappa shape index (κ3) is 5.85. The van der Waals surface area contributed by atoms with Crippen LogP contribution in [-0.4, -0.2) is 46.6 Å². The monoisotopic (exact) mass is 512 g/mol. The summed E-state index contributed by atoms with van der Waals surface area (Å²) in [5.41, 5.74) is 12.2. The van der Waals surface area contributed by atoms with E-state index in [1.165, 1.54) is 11.2 Å². The first-order valence-electron chi connectivity index (χ1n) is 11.4. The van der Waals surface area contributed by atoms with Crippen molar-refractivity contribution in [3.63, 3.8) is 0 Å². The molecule has 3 rings (SSSR count). The molecule has 0 saturated heterocycles. The van der Waals surface area contributed by atoms with Gasteiger partial charge in [-0.3, -0.25) is 14.4 Å². The molecular formula is C25H32N6O4S. The van der Waals surface area contributed by atoms with Gasteiger partial charge in [0.05, 0.1) is 18.5 Å². The van der Waals surface area contributed by atoms with Crippen LogP contribution in [0.3, 0.4) is 0 Å². The molecule has 3 aromatic rings. The second-order valence-electron chi connectivity index (χ2n) is 9.27. The fourth-order valence-corrected chi connectivity index (χ4v) is 4.29. The van der Waals surface area contributed by atoms with Crippen LogP contribution in [0.2, 0.25) is 0 Å². The van der Waals surface area contributed by atoms with Crippen molar-refractivity contribution in [3.8, 4) is 0 Å². The number of carbonyl (C=O) groups excluding carboxylic acids is 3. The number of carbonyl (C=O) groups is 3. The fraction of sp³-hybridized carbons (Fsp3) is 0.360. The van der Waals surface area contributed by atoms with Crippen molar-refractivity contribution < 1.29 is 18.8 Å². The van der Waals surface area contributed by atoms with Gasteiger partial charge >= 0.3 is 0 Å². The molecule has 0 bridgehead atoms. The summed E-state index contributed by atoms with van der Waals surface area (Å²) >= 11 is 0.766. The Balaban J connectivity index is 2.14. The van der Waals surface area contributed by atoms with Crippen LogP contribution >= 0.6 is 11.5 Å². The molecule has 3 amide bonds. The predicted octanol–water partition coefficient (Wildman–Crippen LogP) is 3.17. The van der Waals surface area contributed by atoms with E-state index in [-0.39, 0.29) is 28.7 Å². The van der Waals surface area contributed by atoms with E-state index in [1.54, 1.807) is 12.1 Å². The Bertz CT molecular complexity index is 1220. The Morgan fingerprint density at radius 1 is 1.17 bits per heavy atom. The number of amides is 3. The van der Waals surface area contributed by atoms with E-state index in [1.807, 2.05) is 64.0 Å². The van der Waals surface area contributed by atoms with Crippen molar-refractivity contribution in [2.75, 3.05) is 24.7 Å². The van der Waals surface area contributed by atoms with Crippen LogP contribution in [0, 0.1) is 0 Å². The molecule has 36 heavy (non-hydrogen) atoms. The van der Waals surface area contributed by atoms with Crippen molar-refractivity contribution in [3.05, 3.63) is 64.6 Å². The molecule has 1 unspecified atom stereocenters. The van der Waals surface area contributed by atoms with E-state index < -0.39 is 23.4 Å². The number of benzene rings is 1. The van der Waals surface area contributed by atoms with Crippen molar-refractivity contribution in [1.29, 1.82) is 0 Å². The average Bonchev–Trinajstić information content (AvgIpc) is 3.47. The molecule has 0 aliphatic heterocycles. The number of hydrogen-bond donors (Lipinski definition) is 3. The number of furan rings is 1. The topological polar surface area (TPSA) is 148 Å². The highest BCUT2D eigenvalue weighted by atomic mass is 32.1. The molecule has 10 nitrogen and oxygen atoms in total. The molecule has 2 aromatic heterocycles. The number of rotatable bonds is 10. The highest BCUT2D eigenvalue weighted by molar-refractivity contribution is 7.09. The van der Waals surface area contributed by atoms with Gasteiger partial charge in [0.15, 0.2) is 5.69 Å². The van der Waals surface area contributed by atoms with Gasteiger partial charge in [-0.15, -0.1) is 0 Å². The molecule has 1 aromatic carbocycles. The molecule has 2 heterocycles. The highest BCUT2D eigenvalue weighted by Gasteiger charge is 2.37. The largest absolute Gasteiger partial charge is 0.467 e. The zero-order valence-electron chi connectivity index (χ0n) is 21.1. The molecule has 0 aliphatic carbocycles. The van der Waals surface area contributed by atoms with Gasteiger partial charge < -0.3 is 31.0 Å². The van der Waals surface area contributed by atoms with Gasteiger partial charge in [0, 0.05) is 25.3 Å². The van der Waals surface area contributed by atoms with Gasteiger partial charge in [0.2, 0.25) is 5.91 Å². The first-order valence-corrected chi connectivity index (χ1v) is 12.2. The minimum atomic E-state index is -1.02. The highest BCUT2D eigenvalue weighted by Crippen LogP contribution is 2.31. The summed E-state index contributed by atoms with van der Waals surface area (Å²) < 4.78 is 9.47. The summed E-state index contributed by atoms with van der Waals surface area (Å²) in [5.74, 6) is -1.30. The second-order valence-corrected chi connectivity index (χ2v) is 10.0. The van der Waals surface area contributed by atoms with E-state index in [4.69, 9.17) is 15.9 Å². The van der Waals surface area contributed by atoms with Crippen LogP contribution < -0.4 is 21.7 Å². The van der Waals surface area contributed by atoms with Gasteiger partial charge in [-0.1, -0.05) is 19.1 Å². The standard InChI is InChI=1S/C25H32N6O4S/c1-6-25(2,3)28-23(33)20(15-9-11-16(12-10-15)30(4)5)31(14-17-8-7-13-35-17)24(34)21-18(26)19(22(27)32)29-36-21/h7-13,20H,6,14,26H2,1-5H3,(H2,27,32)(H,28,33). The number of nitrogens with one attached hydrogen (secondary N) is 1. The molecule has 0 aliphatic rings. The zero-order chi connectivity index (χ0) is 26.6. The van der Waals surface area contributed by atoms with Crippen LogP contribution in [-0.2, 0) is 11.3 Å². The molecule has 0 fully saturated rings. The van der Waals surface area contributed by atoms with Gasteiger partial charge in [0.25, 0.3) is 11.8 Å². The van der Waals surface area contributed by atoms with Gasteiger partial charge in [-0.25, -0.2) is 0 Å². The summed E-state index contributed by atoms with van der Waals surface area (Å²) in [6.07, 6.45) is 2.17. The normalized spacial score (nSPS) is 12.1. The molecule has 1 atom stereocenters. The Morgan fingerprint density at radius 2 is 1.83 bits per heavy atom. The van der Waals surface area contributed by atoms with E-state index in [0.29, 0.717) is 17.7 Å². The first-order chi connectivity index (χ1) is 16.9. The zero-order valence-corrected chi connectivity index (χ0v) is 21.9. The van der Waals surface area contributed by atoms with Crippen LogP contribution in [0.25, 0.3) is 0 Å². The maximum absolute atomic E-state index is 13.9. The lowest BCUT2D eigenvalue weighted by molar-refractivity contribution is -0.127. The number of nitrogens with two attached hydrogens (primary N) is 2. The molecule has 5 N–H and O–H groups in total. The fourth-order valence-electron chi connectivity index (χ4n) is 3.53. The van der Waals surface area contributed by atoms with Crippen molar-refractivity contribution in [2.24, 2.45) is 5.73 Å². The molecule has 0 saturated carbocycles. The van der Waals surface area contributed by atoms with Crippen LogP contribution in [0.4, 0.5) is 11.4 Å². The second kappa shape index (κ2) is 10.8. The Hall–Kier alpha value is -3.86. The first kappa shape index (κ1) is 26.7. The lowest BCUT2D eigenvalue weighted by atomic mass is 9.98. The average molecular weight is 513 g/mol. The smallest absolute Gasteiger partial charge is 0.270 e. The molecular weight excluding hydrogens is 480 g/mol. The quantitative estimate of drug-likeness (QED) is 0.378. The number of nitrogens with zero attached hydrogens (tertiary/aromatic N) is 3. The van der Waals surface area contributed by atoms with E-state index >= 15 is 0 Å². The van der Waals surface area contributed by atoms with Crippen LogP contribution in [0.1, 0.15) is 64.7 Å². The minimum absolute atomic E-state index is 0.0187. The van der Waals surface area contributed by atoms with Crippen LogP contribution in [0.5, 0.6) is 0 Å². The predicted molar refractivity (Wildman–Crippen MR) is 140 cm³/mol. The number of nitrogen functional groups attached to an aromatic ring is 1. The number of hydrogen-bond acceptors (Lipinski definition) is 8.